The highest BCUT2D eigenvalue weighted by Crippen LogP contribution is 2.32. The van der Waals surface area contributed by atoms with Gasteiger partial charge in [-0.05, 0) is 55.0 Å². The molecule has 1 saturated heterocycles. The third-order valence-corrected chi connectivity index (χ3v) is 4.78. The molecule has 0 spiro atoms. The van der Waals surface area contributed by atoms with Crippen molar-refractivity contribution in [3.8, 4) is 5.75 Å². The number of aliphatic imine (C=N–C) groups is 1. The summed E-state index contributed by atoms with van der Waals surface area (Å²) in [6, 6.07) is 8.24. The second kappa shape index (κ2) is 7.67. The van der Waals surface area contributed by atoms with Gasteiger partial charge < -0.3 is 14.4 Å². The molecule has 0 aromatic heterocycles. The van der Waals surface area contributed by atoms with Crippen LogP contribution in [-0.4, -0.2) is 44.0 Å². The SMILES string of the molecule is C=C(/N=C1/CCC/C1=C(/C)c1cccc(OC)c1)N1CCOCC1. The van der Waals surface area contributed by atoms with E-state index in [2.05, 4.69) is 30.5 Å². The van der Waals surface area contributed by atoms with Crippen molar-refractivity contribution in [2.24, 2.45) is 4.99 Å². The highest BCUT2D eigenvalue weighted by molar-refractivity contribution is 6.08. The van der Waals surface area contributed by atoms with E-state index < -0.39 is 0 Å². The van der Waals surface area contributed by atoms with E-state index in [1.165, 1.54) is 22.4 Å². The van der Waals surface area contributed by atoms with E-state index in [1.54, 1.807) is 7.11 Å². The molecular weight excluding hydrogens is 300 g/mol. The number of benzene rings is 1. The summed E-state index contributed by atoms with van der Waals surface area (Å²) >= 11 is 0. The average Bonchev–Trinajstić information content (AvgIpc) is 3.10. The van der Waals surface area contributed by atoms with Crippen molar-refractivity contribution in [3.63, 3.8) is 0 Å². The van der Waals surface area contributed by atoms with Gasteiger partial charge in [0.15, 0.2) is 0 Å². The molecule has 1 aliphatic heterocycles. The lowest BCUT2D eigenvalue weighted by atomic mass is 9.99. The molecule has 0 N–H and O–H groups in total. The van der Waals surface area contributed by atoms with E-state index in [9.17, 15) is 0 Å². The van der Waals surface area contributed by atoms with Crippen LogP contribution in [0.3, 0.4) is 0 Å². The molecule has 1 aromatic carbocycles. The van der Waals surface area contributed by atoms with Gasteiger partial charge in [0, 0.05) is 18.8 Å². The third kappa shape index (κ3) is 3.70. The fourth-order valence-corrected chi connectivity index (χ4v) is 3.33. The minimum Gasteiger partial charge on any atom is -0.497 e. The summed E-state index contributed by atoms with van der Waals surface area (Å²) < 4.78 is 10.8. The summed E-state index contributed by atoms with van der Waals surface area (Å²) in [4.78, 5) is 7.09. The molecule has 1 saturated carbocycles. The van der Waals surface area contributed by atoms with Crippen molar-refractivity contribution in [2.45, 2.75) is 26.2 Å². The number of morpholine rings is 1. The second-order valence-electron chi connectivity index (χ2n) is 6.26. The number of methoxy groups -OCH3 is 1. The minimum absolute atomic E-state index is 0.759. The Morgan fingerprint density at radius 3 is 2.79 bits per heavy atom. The standard InChI is InChI=1S/C20H26N2O2/c1-15(17-6-4-7-18(14-17)23-3)19-8-5-9-20(19)21-16(2)22-10-12-24-13-11-22/h4,6-7,14H,2,5,8-13H2,1,3H3/b19-15+,21-20-. The molecule has 0 amide bonds. The summed E-state index contributed by atoms with van der Waals surface area (Å²) in [6.07, 6.45) is 3.27. The van der Waals surface area contributed by atoms with Gasteiger partial charge in [-0.1, -0.05) is 18.7 Å². The Hall–Kier alpha value is -2.07. The predicted octanol–water partition coefficient (Wildman–Crippen LogP) is 3.90. The Balaban J connectivity index is 1.85. The highest BCUT2D eigenvalue weighted by Gasteiger charge is 2.20. The van der Waals surface area contributed by atoms with Gasteiger partial charge in [0.2, 0.25) is 0 Å². The molecular formula is C20H26N2O2. The molecule has 0 bridgehead atoms. The molecule has 2 aliphatic rings. The summed E-state index contributed by atoms with van der Waals surface area (Å²) in [6.45, 7) is 9.63. The smallest absolute Gasteiger partial charge is 0.121 e. The van der Waals surface area contributed by atoms with Crippen molar-refractivity contribution in [1.29, 1.82) is 0 Å². The quantitative estimate of drug-likeness (QED) is 0.841. The Morgan fingerprint density at radius 1 is 1.25 bits per heavy atom. The van der Waals surface area contributed by atoms with Crippen LogP contribution in [0.2, 0.25) is 0 Å². The van der Waals surface area contributed by atoms with Crippen molar-refractivity contribution >= 4 is 11.3 Å². The van der Waals surface area contributed by atoms with Crippen molar-refractivity contribution in [2.75, 3.05) is 33.4 Å². The number of allylic oxidation sites excluding steroid dienone is 2. The fraction of sp³-hybridized carbons (Fsp3) is 0.450. The molecule has 128 valence electrons. The zero-order chi connectivity index (χ0) is 16.9. The predicted molar refractivity (Wildman–Crippen MR) is 98.4 cm³/mol. The van der Waals surface area contributed by atoms with Gasteiger partial charge in [0.1, 0.15) is 11.6 Å². The maximum atomic E-state index is 5.41. The van der Waals surface area contributed by atoms with E-state index in [0.717, 1.165) is 57.1 Å². The van der Waals surface area contributed by atoms with Crippen LogP contribution in [0, 0.1) is 0 Å². The van der Waals surface area contributed by atoms with E-state index in [0.29, 0.717) is 0 Å². The van der Waals surface area contributed by atoms with Crippen LogP contribution in [-0.2, 0) is 4.74 Å². The molecule has 24 heavy (non-hydrogen) atoms. The number of nitrogens with zero attached hydrogens (tertiary/aromatic N) is 2. The minimum atomic E-state index is 0.759. The summed E-state index contributed by atoms with van der Waals surface area (Å²) in [7, 11) is 1.70. The van der Waals surface area contributed by atoms with Crippen molar-refractivity contribution in [1.82, 2.24) is 4.90 Å². The maximum absolute atomic E-state index is 5.41. The lowest BCUT2D eigenvalue weighted by Gasteiger charge is -2.28. The summed E-state index contributed by atoms with van der Waals surface area (Å²) in [5, 5.41) is 0. The first-order valence-electron chi connectivity index (χ1n) is 8.63. The van der Waals surface area contributed by atoms with E-state index in [1.807, 2.05) is 12.1 Å². The molecule has 0 radical (unpaired) electrons. The Bertz CT molecular complexity index is 670. The molecule has 1 aromatic rings. The maximum Gasteiger partial charge on any atom is 0.121 e. The van der Waals surface area contributed by atoms with Gasteiger partial charge in [0.25, 0.3) is 0 Å². The Kier molecular flexibility index (Phi) is 5.36. The second-order valence-corrected chi connectivity index (χ2v) is 6.26. The number of hydrogen-bond donors (Lipinski definition) is 0. The summed E-state index contributed by atoms with van der Waals surface area (Å²) in [5.74, 6) is 1.76. The van der Waals surface area contributed by atoms with E-state index in [4.69, 9.17) is 14.5 Å². The number of hydrogen-bond acceptors (Lipinski definition) is 4. The van der Waals surface area contributed by atoms with Gasteiger partial charge in [0.05, 0.1) is 20.3 Å². The van der Waals surface area contributed by atoms with E-state index in [-0.39, 0.29) is 0 Å². The zero-order valence-corrected chi connectivity index (χ0v) is 14.7. The van der Waals surface area contributed by atoms with Crippen LogP contribution >= 0.6 is 0 Å². The first kappa shape index (κ1) is 16.8. The molecule has 0 atom stereocenters. The molecule has 1 aliphatic carbocycles. The molecule has 4 nitrogen and oxygen atoms in total. The Labute approximate surface area is 144 Å². The van der Waals surface area contributed by atoms with Gasteiger partial charge in [-0.3, -0.25) is 0 Å². The lowest BCUT2D eigenvalue weighted by Crippen LogP contribution is -2.35. The van der Waals surface area contributed by atoms with Crippen LogP contribution in [0.1, 0.15) is 31.7 Å². The van der Waals surface area contributed by atoms with Gasteiger partial charge in [-0.2, -0.15) is 0 Å². The Morgan fingerprint density at radius 2 is 2.04 bits per heavy atom. The van der Waals surface area contributed by atoms with Crippen LogP contribution in [0.25, 0.3) is 5.57 Å². The van der Waals surface area contributed by atoms with Gasteiger partial charge in [-0.15, -0.1) is 0 Å². The number of ether oxygens (including phenoxy) is 2. The first-order chi connectivity index (χ1) is 11.7. The van der Waals surface area contributed by atoms with Crippen LogP contribution in [0.15, 0.2) is 47.2 Å². The molecule has 1 heterocycles. The first-order valence-corrected chi connectivity index (χ1v) is 8.63. The van der Waals surface area contributed by atoms with Crippen LogP contribution < -0.4 is 4.74 Å². The molecule has 3 rings (SSSR count). The summed E-state index contributed by atoms with van der Waals surface area (Å²) in [5.41, 5.74) is 5.04. The topological polar surface area (TPSA) is 34.1 Å². The molecule has 0 unspecified atom stereocenters. The van der Waals surface area contributed by atoms with Gasteiger partial charge >= 0.3 is 0 Å². The van der Waals surface area contributed by atoms with Crippen molar-refractivity contribution < 1.29 is 9.47 Å². The van der Waals surface area contributed by atoms with Crippen molar-refractivity contribution in [3.05, 3.63) is 47.8 Å². The van der Waals surface area contributed by atoms with Crippen LogP contribution in [0.5, 0.6) is 5.75 Å². The molecule has 4 heteroatoms. The zero-order valence-electron chi connectivity index (χ0n) is 14.7. The van der Waals surface area contributed by atoms with Gasteiger partial charge in [-0.25, -0.2) is 4.99 Å². The lowest BCUT2D eigenvalue weighted by molar-refractivity contribution is 0.0534. The monoisotopic (exact) mass is 326 g/mol. The largest absolute Gasteiger partial charge is 0.497 e. The third-order valence-electron chi connectivity index (χ3n) is 4.78. The van der Waals surface area contributed by atoms with Crippen LogP contribution in [0.4, 0.5) is 0 Å². The fourth-order valence-electron chi connectivity index (χ4n) is 3.33. The molecule has 2 fully saturated rings. The normalized spacial score (nSPS) is 21.9. The average molecular weight is 326 g/mol. The highest BCUT2D eigenvalue weighted by atomic mass is 16.5. The van der Waals surface area contributed by atoms with E-state index >= 15 is 0 Å². The number of rotatable bonds is 4.